The predicted molar refractivity (Wildman–Crippen MR) is 104 cm³/mol. The highest BCUT2D eigenvalue weighted by molar-refractivity contribution is 7.80. The summed E-state index contributed by atoms with van der Waals surface area (Å²) in [5, 5.41) is 15.1. The number of carbonyl (C=O) groups excluding carboxylic acids is 1. The van der Waals surface area contributed by atoms with E-state index in [4.69, 9.17) is 40.2 Å². The van der Waals surface area contributed by atoms with E-state index in [1.165, 1.54) is 12.1 Å². The van der Waals surface area contributed by atoms with Crippen molar-refractivity contribution in [1.29, 1.82) is 0 Å². The summed E-state index contributed by atoms with van der Waals surface area (Å²) in [5.41, 5.74) is 0.885. The molecule has 0 aliphatic heterocycles. The van der Waals surface area contributed by atoms with Crippen LogP contribution in [0, 0.1) is 0 Å². The topological polar surface area (TPSA) is 70.6 Å². The number of hydrogen-bond acceptors (Lipinski definition) is 4. The number of halogens is 2. The molecule has 0 bridgehead atoms. The third-order valence-electron chi connectivity index (χ3n) is 3.09. The molecule has 0 heterocycles. The van der Waals surface area contributed by atoms with Crippen LogP contribution >= 0.6 is 35.4 Å². The number of anilines is 1. The third-order valence-corrected chi connectivity index (χ3v) is 3.87. The molecule has 0 spiro atoms. The number of phenols is 1. The quantitative estimate of drug-likeness (QED) is 0.506. The Labute approximate surface area is 160 Å². The number of ether oxygens (including phenoxy) is 1. The van der Waals surface area contributed by atoms with Gasteiger partial charge in [0.1, 0.15) is 5.75 Å². The Kier molecular flexibility index (Phi) is 6.87. The van der Waals surface area contributed by atoms with Gasteiger partial charge in [-0.3, -0.25) is 10.1 Å². The van der Waals surface area contributed by atoms with E-state index in [2.05, 4.69) is 10.6 Å². The van der Waals surface area contributed by atoms with Gasteiger partial charge in [0, 0.05) is 11.3 Å². The molecule has 0 atom stereocenters. The van der Waals surface area contributed by atoms with Crippen LogP contribution in [0.25, 0.3) is 0 Å². The lowest BCUT2D eigenvalue weighted by atomic mass is 10.2. The fourth-order valence-electron chi connectivity index (χ4n) is 1.90. The molecular weight excluding hydrogens is 383 g/mol. The van der Waals surface area contributed by atoms with Crippen LogP contribution < -0.4 is 15.4 Å². The first-order valence-corrected chi connectivity index (χ1v) is 8.60. The Morgan fingerprint density at radius 3 is 2.36 bits per heavy atom. The highest BCUT2D eigenvalue weighted by Gasteiger charge is 2.11. The smallest absolute Gasteiger partial charge is 0.257 e. The molecule has 0 aromatic heterocycles. The van der Waals surface area contributed by atoms with Gasteiger partial charge in [0.15, 0.2) is 10.9 Å². The molecule has 5 nitrogen and oxygen atoms in total. The monoisotopic (exact) mass is 398 g/mol. The van der Waals surface area contributed by atoms with E-state index in [0.717, 1.165) is 6.42 Å². The number of hydrogen-bond donors (Lipinski definition) is 3. The fraction of sp³-hybridized carbons (Fsp3) is 0.176. The van der Waals surface area contributed by atoms with Crippen LogP contribution in [-0.2, 0) is 0 Å². The summed E-state index contributed by atoms with van der Waals surface area (Å²) < 4.78 is 5.47. The van der Waals surface area contributed by atoms with Crippen LogP contribution in [0.15, 0.2) is 36.4 Å². The van der Waals surface area contributed by atoms with Crippen molar-refractivity contribution in [3.05, 3.63) is 52.0 Å². The normalized spacial score (nSPS) is 10.2. The van der Waals surface area contributed by atoms with Crippen molar-refractivity contribution in [2.24, 2.45) is 0 Å². The van der Waals surface area contributed by atoms with Gasteiger partial charge in [0.25, 0.3) is 5.91 Å². The predicted octanol–water partition coefficient (Wildman–Crippen LogP) is 4.61. The van der Waals surface area contributed by atoms with Crippen molar-refractivity contribution < 1.29 is 14.6 Å². The van der Waals surface area contributed by atoms with Gasteiger partial charge in [-0.15, -0.1) is 0 Å². The molecule has 8 heteroatoms. The number of benzene rings is 2. The Morgan fingerprint density at radius 2 is 1.80 bits per heavy atom. The number of aromatic hydroxyl groups is 1. The van der Waals surface area contributed by atoms with Crippen molar-refractivity contribution >= 4 is 52.1 Å². The number of amides is 1. The summed E-state index contributed by atoms with van der Waals surface area (Å²) in [5.74, 6) is 0.122. The zero-order valence-corrected chi connectivity index (χ0v) is 15.6. The van der Waals surface area contributed by atoms with E-state index in [1.54, 1.807) is 24.3 Å². The maximum atomic E-state index is 12.2. The summed E-state index contributed by atoms with van der Waals surface area (Å²) in [6, 6.07) is 9.64. The summed E-state index contributed by atoms with van der Waals surface area (Å²) in [6.07, 6.45) is 0.910. The van der Waals surface area contributed by atoms with Crippen molar-refractivity contribution in [3.63, 3.8) is 0 Å². The van der Waals surface area contributed by atoms with Gasteiger partial charge in [-0.2, -0.15) is 0 Å². The average Bonchev–Trinajstić information content (AvgIpc) is 2.58. The van der Waals surface area contributed by atoms with Crippen LogP contribution in [0.5, 0.6) is 11.5 Å². The summed E-state index contributed by atoms with van der Waals surface area (Å²) in [6.45, 7) is 2.64. The summed E-state index contributed by atoms with van der Waals surface area (Å²) in [7, 11) is 0. The third kappa shape index (κ3) is 5.49. The second kappa shape index (κ2) is 8.89. The molecule has 0 saturated carbocycles. The number of rotatable bonds is 5. The van der Waals surface area contributed by atoms with Gasteiger partial charge in [0.05, 0.1) is 16.7 Å². The van der Waals surface area contributed by atoms with Crippen LogP contribution in [-0.4, -0.2) is 22.7 Å². The lowest BCUT2D eigenvalue weighted by molar-refractivity contribution is 0.0977. The number of thiocarbonyl (C=S) groups is 1. The number of nitrogens with one attached hydrogen (secondary N) is 2. The Balaban J connectivity index is 1.97. The second-order valence-electron chi connectivity index (χ2n) is 5.07. The zero-order chi connectivity index (χ0) is 18.4. The van der Waals surface area contributed by atoms with E-state index in [-0.39, 0.29) is 26.8 Å². The van der Waals surface area contributed by atoms with Crippen LogP contribution in [0.2, 0.25) is 10.0 Å². The van der Waals surface area contributed by atoms with Gasteiger partial charge in [0.2, 0.25) is 0 Å². The summed E-state index contributed by atoms with van der Waals surface area (Å²) in [4.78, 5) is 12.2. The molecule has 2 aromatic rings. The lowest BCUT2D eigenvalue weighted by Gasteiger charge is -2.11. The SMILES string of the molecule is CCCOc1ccc(C(=O)NC(=S)Nc2cc(Cl)c(O)c(Cl)c2)cc1. The molecule has 1 amide bonds. The average molecular weight is 399 g/mol. The van der Waals surface area contributed by atoms with Gasteiger partial charge in [-0.25, -0.2) is 0 Å². The minimum Gasteiger partial charge on any atom is -0.505 e. The molecule has 25 heavy (non-hydrogen) atoms. The highest BCUT2D eigenvalue weighted by Crippen LogP contribution is 2.34. The first-order valence-electron chi connectivity index (χ1n) is 7.44. The molecule has 0 radical (unpaired) electrons. The fourth-order valence-corrected chi connectivity index (χ4v) is 2.60. The first-order chi connectivity index (χ1) is 11.9. The molecule has 0 aliphatic carbocycles. The summed E-state index contributed by atoms with van der Waals surface area (Å²) >= 11 is 16.8. The van der Waals surface area contributed by atoms with Gasteiger partial charge < -0.3 is 15.2 Å². The van der Waals surface area contributed by atoms with Crippen LogP contribution in [0.3, 0.4) is 0 Å². The van der Waals surface area contributed by atoms with Crippen molar-refractivity contribution in [2.45, 2.75) is 13.3 Å². The van der Waals surface area contributed by atoms with Gasteiger partial charge in [-0.1, -0.05) is 30.1 Å². The van der Waals surface area contributed by atoms with E-state index < -0.39 is 0 Å². The number of phenolic OH excluding ortho intramolecular Hbond substituents is 1. The Hall–Kier alpha value is -2.02. The molecule has 0 fully saturated rings. The first kappa shape index (κ1) is 19.3. The lowest BCUT2D eigenvalue weighted by Crippen LogP contribution is -2.34. The van der Waals surface area contributed by atoms with Crippen molar-refractivity contribution in [3.8, 4) is 11.5 Å². The van der Waals surface area contributed by atoms with E-state index in [0.29, 0.717) is 23.6 Å². The minimum absolute atomic E-state index is 0.0757. The van der Waals surface area contributed by atoms with Crippen LogP contribution in [0.4, 0.5) is 5.69 Å². The second-order valence-corrected chi connectivity index (χ2v) is 6.29. The van der Waals surface area contributed by atoms with Crippen molar-refractivity contribution in [1.82, 2.24) is 5.32 Å². The van der Waals surface area contributed by atoms with E-state index >= 15 is 0 Å². The molecule has 2 rings (SSSR count). The number of carbonyl (C=O) groups is 1. The standard InChI is InChI=1S/C17H16Cl2N2O3S/c1-2-7-24-12-5-3-10(4-6-12)16(23)21-17(25)20-11-8-13(18)15(22)14(19)9-11/h3-6,8-9,22H,2,7H2,1H3,(H2,20,21,23,25). The van der Waals surface area contributed by atoms with E-state index in [9.17, 15) is 9.90 Å². The molecule has 0 saturated heterocycles. The van der Waals surface area contributed by atoms with Crippen molar-refractivity contribution in [2.75, 3.05) is 11.9 Å². The maximum absolute atomic E-state index is 12.2. The molecular formula is C17H16Cl2N2O3S. The minimum atomic E-state index is -0.365. The highest BCUT2D eigenvalue weighted by atomic mass is 35.5. The van der Waals surface area contributed by atoms with Gasteiger partial charge >= 0.3 is 0 Å². The molecule has 3 N–H and O–H groups in total. The van der Waals surface area contributed by atoms with E-state index in [1.807, 2.05) is 6.92 Å². The maximum Gasteiger partial charge on any atom is 0.257 e. The zero-order valence-electron chi connectivity index (χ0n) is 13.3. The molecule has 132 valence electrons. The van der Waals surface area contributed by atoms with Gasteiger partial charge in [-0.05, 0) is 55.0 Å². The Morgan fingerprint density at radius 1 is 1.20 bits per heavy atom. The molecule has 0 aliphatic rings. The Bertz CT molecular complexity index is 759. The largest absolute Gasteiger partial charge is 0.505 e. The molecule has 0 unspecified atom stereocenters. The van der Waals surface area contributed by atoms with Crippen LogP contribution in [0.1, 0.15) is 23.7 Å². The molecule has 2 aromatic carbocycles.